The van der Waals surface area contributed by atoms with Gasteiger partial charge in [-0.3, -0.25) is 9.69 Å². The number of imide groups is 1. The standard InChI is InChI=1S/C12H14N5O2/c1-4-6-16-8(2)14-10-9(16)11(18)17(7-5-13)12(19)15(10)3/h4,9H,1,6-7H2,2-3H3/q+1. The molecule has 7 nitrogen and oxygen atoms in total. The number of hydrogen-bond acceptors (Lipinski definition) is 4. The summed E-state index contributed by atoms with van der Waals surface area (Å²) in [5.41, 5.74) is 0. The molecule has 0 spiro atoms. The van der Waals surface area contributed by atoms with Crippen LogP contribution in [0.3, 0.4) is 0 Å². The first-order valence-electron chi connectivity index (χ1n) is 5.78. The highest BCUT2D eigenvalue weighted by atomic mass is 16.2. The fourth-order valence-corrected chi connectivity index (χ4v) is 2.23. The predicted octanol–water partition coefficient (Wildman–Crippen LogP) is -0.198. The summed E-state index contributed by atoms with van der Waals surface area (Å²) >= 11 is 0. The average molecular weight is 260 g/mol. The molecule has 98 valence electrons. The van der Waals surface area contributed by atoms with Crippen molar-refractivity contribution in [2.75, 3.05) is 20.1 Å². The van der Waals surface area contributed by atoms with Gasteiger partial charge in [-0.25, -0.2) is 14.3 Å². The van der Waals surface area contributed by atoms with Crippen molar-refractivity contribution in [3.63, 3.8) is 0 Å². The molecule has 2 heterocycles. The van der Waals surface area contributed by atoms with Crippen LogP contribution in [0.15, 0.2) is 17.6 Å². The Morgan fingerprint density at radius 2 is 2.26 bits per heavy atom. The molecule has 2 aliphatic rings. The number of likely N-dealkylation sites (N-methyl/N-ethyl adjacent to an activating group) is 1. The molecule has 1 atom stereocenters. The van der Waals surface area contributed by atoms with Gasteiger partial charge in [0.05, 0.1) is 6.07 Å². The molecule has 7 heteroatoms. The molecule has 0 saturated carbocycles. The van der Waals surface area contributed by atoms with Crippen LogP contribution in [0.2, 0.25) is 0 Å². The number of hydrogen-bond donors (Lipinski definition) is 0. The van der Waals surface area contributed by atoms with Crippen LogP contribution in [0.25, 0.3) is 0 Å². The van der Waals surface area contributed by atoms with Crippen LogP contribution in [0.5, 0.6) is 0 Å². The molecule has 0 N–H and O–H groups in total. The van der Waals surface area contributed by atoms with Gasteiger partial charge in [0.15, 0.2) is 0 Å². The van der Waals surface area contributed by atoms with Crippen LogP contribution in [-0.2, 0) is 4.79 Å². The summed E-state index contributed by atoms with van der Waals surface area (Å²) in [5.74, 6) is 0.650. The summed E-state index contributed by atoms with van der Waals surface area (Å²) in [7, 11) is 1.55. The fraction of sp³-hybridized carbons (Fsp3) is 0.417. The lowest BCUT2D eigenvalue weighted by Gasteiger charge is -2.31. The van der Waals surface area contributed by atoms with E-state index in [1.165, 1.54) is 4.90 Å². The van der Waals surface area contributed by atoms with E-state index >= 15 is 0 Å². The molecule has 0 aromatic heterocycles. The van der Waals surface area contributed by atoms with E-state index in [9.17, 15) is 9.59 Å². The number of urea groups is 1. The minimum Gasteiger partial charge on any atom is -0.269 e. The summed E-state index contributed by atoms with van der Waals surface area (Å²) in [6.07, 6.45) is 1.67. The Balaban J connectivity index is 2.44. The van der Waals surface area contributed by atoms with Crippen molar-refractivity contribution in [1.82, 2.24) is 9.80 Å². The second-order valence-corrected chi connectivity index (χ2v) is 4.28. The van der Waals surface area contributed by atoms with E-state index in [1.807, 2.05) is 6.07 Å². The number of carbonyl (C=O) groups excluding carboxylic acids is 2. The lowest BCUT2D eigenvalue weighted by atomic mass is 10.1. The normalized spacial score (nSPS) is 22.4. The topological polar surface area (TPSA) is 79.8 Å². The van der Waals surface area contributed by atoms with Gasteiger partial charge < -0.3 is 0 Å². The van der Waals surface area contributed by atoms with Crippen LogP contribution in [0.4, 0.5) is 4.79 Å². The van der Waals surface area contributed by atoms with Crippen molar-refractivity contribution >= 4 is 23.6 Å². The van der Waals surface area contributed by atoms with Crippen molar-refractivity contribution < 1.29 is 14.2 Å². The number of aliphatic imine (C=N–C) groups is 1. The summed E-state index contributed by atoms with van der Waals surface area (Å²) in [5, 5.41) is 8.72. The SMILES string of the molecule is C=CC[N+]1=C(C)N=C2C1C(=O)N(CC#N)C(=O)N2C. The molecule has 2 rings (SSSR count). The number of nitriles is 1. The van der Waals surface area contributed by atoms with Gasteiger partial charge in [-0.1, -0.05) is 12.7 Å². The lowest BCUT2D eigenvalue weighted by molar-refractivity contribution is -0.525. The van der Waals surface area contributed by atoms with Crippen molar-refractivity contribution in [2.24, 2.45) is 4.99 Å². The van der Waals surface area contributed by atoms with Crippen molar-refractivity contribution in [2.45, 2.75) is 13.0 Å². The zero-order valence-corrected chi connectivity index (χ0v) is 10.8. The summed E-state index contributed by atoms with van der Waals surface area (Å²) in [6, 6.07) is 0.666. The Morgan fingerprint density at radius 1 is 1.58 bits per heavy atom. The van der Waals surface area contributed by atoms with Gasteiger partial charge in [0, 0.05) is 14.0 Å². The summed E-state index contributed by atoms with van der Waals surface area (Å²) in [6.45, 7) is 5.62. The molecule has 3 amide bonds. The van der Waals surface area contributed by atoms with E-state index in [0.29, 0.717) is 18.2 Å². The zero-order chi connectivity index (χ0) is 14.2. The molecule has 1 fully saturated rings. The Bertz CT molecular complexity index is 569. The minimum absolute atomic E-state index is 0.257. The number of rotatable bonds is 3. The highest BCUT2D eigenvalue weighted by molar-refractivity contribution is 6.22. The monoisotopic (exact) mass is 260 g/mol. The second-order valence-electron chi connectivity index (χ2n) is 4.28. The molecule has 19 heavy (non-hydrogen) atoms. The molecule has 0 aliphatic carbocycles. The van der Waals surface area contributed by atoms with Gasteiger partial charge >= 0.3 is 6.03 Å². The van der Waals surface area contributed by atoms with Gasteiger partial charge in [0.2, 0.25) is 0 Å². The number of amides is 3. The van der Waals surface area contributed by atoms with Crippen molar-refractivity contribution in [3.8, 4) is 6.07 Å². The van der Waals surface area contributed by atoms with Crippen LogP contribution < -0.4 is 0 Å². The maximum atomic E-state index is 12.3. The molecular formula is C12H14N5O2+. The van der Waals surface area contributed by atoms with Gasteiger partial charge in [-0.2, -0.15) is 5.26 Å². The number of fused-ring (bicyclic) bond motifs is 1. The van der Waals surface area contributed by atoms with E-state index in [-0.39, 0.29) is 6.54 Å². The van der Waals surface area contributed by atoms with Crippen LogP contribution in [0.1, 0.15) is 6.92 Å². The third-order valence-corrected chi connectivity index (χ3v) is 3.16. The third kappa shape index (κ3) is 1.81. The highest BCUT2D eigenvalue weighted by Crippen LogP contribution is 2.19. The molecular weight excluding hydrogens is 246 g/mol. The van der Waals surface area contributed by atoms with Gasteiger partial charge in [0.25, 0.3) is 23.6 Å². The average Bonchev–Trinajstić information content (AvgIpc) is 2.70. The molecule has 0 aromatic carbocycles. The molecule has 0 radical (unpaired) electrons. The Hall–Kier alpha value is -2.49. The van der Waals surface area contributed by atoms with Crippen LogP contribution >= 0.6 is 0 Å². The molecule has 2 aliphatic heterocycles. The largest absolute Gasteiger partial charge is 0.334 e. The molecule has 0 aromatic rings. The highest BCUT2D eigenvalue weighted by Gasteiger charge is 2.52. The molecule has 0 bridgehead atoms. The third-order valence-electron chi connectivity index (χ3n) is 3.16. The van der Waals surface area contributed by atoms with Crippen LogP contribution in [-0.4, -0.2) is 64.2 Å². The second kappa shape index (κ2) is 4.65. The Kier molecular flexibility index (Phi) is 3.17. The lowest BCUT2D eigenvalue weighted by Crippen LogP contribution is -2.62. The van der Waals surface area contributed by atoms with Crippen LogP contribution in [0, 0.1) is 11.3 Å². The molecule has 1 unspecified atom stereocenters. The minimum atomic E-state index is -0.644. The Morgan fingerprint density at radius 3 is 2.84 bits per heavy atom. The van der Waals surface area contributed by atoms with E-state index < -0.39 is 18.0 Å². The van der Waals surface area contributed by atoms with Gasteiger partial charge in [-0.05, 0) is 4.99 Å². The van der Waals surface area contributed by atoms with E-state index in [4.69, 9.17) is 5.26 Å². The van der Waals surface area contributed by atoms with Crippen molar-refractivity contribution in [3.05, 3.63) is 12.7 Å². The predicted molar refractivity (Wildman–Crippen MR) is 67.7 cm³/mol. The Labute approximate surface area is 110 Å². The van der Waals surface area contributed by atoms with Crippen molar-refractivity contribution in [1.29, 1.82) is 5.26 Å². The first kappa shape index (κ1) is 13.0. The quantitative estimate of drug-likeness (QED) is 0.400. The number of amidine groups is 2. The summed E-state index contributed by atoms with van der Waals surface area (Å²) < 4.78 is 1.76. The number of carbonyl (C=O) groups is 2. The van der Waals surface area contributed by atoms with E-state index in [2.05, 4.69) is 11.6 Å². The van der Waals surface area contributed by atoms with E-state index in [0.717, 1.165) is 4.90 Å². The smallest absolute Gasteiger partial charge is 0.269 e. The van der Waals surface area contributed by atoms with Gasteiger partial charge in [-0.15, -0.1) is 0 Å². The fourth-order valence-electron chi connectivity index (χ4n) is 2.23. The first-order valence-corrected chi connectivity index (χ1v) is 5.78. The van der Waals surface area contributed by atoms with Gasteiger partial charge in [0.1, 0.15) is 13.1 Å². The maximum Gasteiger partial charge on any atom is 0.334 e. The molecule has 1 saturated heterocycles. The number of nitrogens with zero attached hydrogens (tertiary/aromatic N) is 5. The maximum absolute atomic E-state index is 12.3. The zero-order valence-electron chi connectivity index (χ0n) is 10.8. The van der Waals surface area contributed by atoms with E-state index in [1.54, 1.807) is 24.6 Å². The first-order chi connectivity index (χ1) is 9.02. The summed E-state index contributed by atoms with van der Waals surface area (Å²) in [4.78, 5) is 30.9.